The van der Waals surface area contributed by atoms with Crippen LogP contribution in [0.1, 0.15) is 0 Å². The van der Waals surface area contributed by atoms with E-state index < -0.39 is 0 Å². The molecule has 6 heteroatoms. The van der Waals surface area contributed by atoms with Gasteiger partial charge in [0, 0.05) is 70.6 Å². The molecule has 0 atom stereocenters. The van der Waals surface area contributed by atoms with E-state index in [1.807, 2.05) is 72.0 Å². The van der Waals surface area contributed by atoms with Gasteiger partial charge in [-0.15, -0.1) is 11.3 Å². The van der Waals surface area contributed by atoms with Crippen LogP contribution < -0.4 is 0 Å². The molecule has 0 bridgehead atoms. The van der Waals surface area contributed by atoms with Crippen LogP contribution in [-0.4, -0.2) is 24.1 Å². The molecule has 4 aromatic heterocycles. The summed E-state index contributed by atoms with van der Waals surface area (Å²) in [5.74, 6) is 1.93. The van der Waals surface area contributed by atoms with Crippen molar-refractivity contribution in [2.75, 3.05) is 0 Å². The van der Waals surface area contributed by atoms with E-state index in [0.29, 0.717) is 17.5 Å². The summed E-state index contributed by atoms with van der Waals surface area (Å²) >= 11 is 1.85. The van der Waals surface area contributed by atoms with Crippen molar-refractivity contribution in [3.63, 3.8) is 0 Å². The molecule has 0 fully saturated rings. The molecular weight excluding hydrogens is 667 g/mol. The molecule has 0 unspecified atom stereocenters. The SMILES string of the molecule is c1ccc(-c2nc(-c3ccccc3)nc(-c3cccc(-n4c5cc6ccn(-c7ccccc7)c6cc5c5cc6c(cc54)sc4ccccc46)c3)n2)cc1. The summed E-state index contributed by atoms with van der Waals surface area (Å²) in [4.78, 5) is 15.0. The second-order valence-corrected chi connectivity index (χ2v) is 14.4. The molecule has 0 saturated heterocycles. The molecule has 11 rings (SSSR count). The molecule has 0 saturated carbocycles. The Kier molecular flexibility index (Phi) is 6.66. The Balaban J connectivity index is 1.17. The van der Waals surface area contributed by atoms with Gasteiger partial charge in [-0.05, 0) is 60.7 Å². The van der Waals surface area contributed by atoms with Gasteiger partial charge < -0.3 is 9.13 Å². The number of aromatic nitrogens is 5. The number of benzene rings is 7. The fourth-order valence-corrected chi connectivity index (χ4v) is 8.80. The number of hydrogen-bond acceptors (Lipinski definition) is 4. The zero-order valence-corrected chi connectivity index (χ0v) is 29.2. The molecule has 0 aliphatic rings. The number of para-hydroxylation sites is 1. The molecule has 0 amide bonds. The maximum atomic E-state index is 5.05. The van der Waals surface area contributed by atoms with Gasteiger partial charge in [0.1, 0.15) is 0 Å². The first-order valence-electron chi connectivity index (χ1n) is 17.7. The monoisotopic (exact) mass is 695 g/mol. The van der Waals surface area contributed by atoms with Gasteiger partial charge in [0.05, 0.1) is 16.6 Å². The van der Waals surface area contributed by atoms with E-state index in [1.165, 1.54) is 47.4 Å². The van der Waals surface area contributed by atoms with Crippen LogP contribution in [0.3, 0.4) is 0 Å². The number of thiophene rings is 1. The van der Waals surface area contributed by atoms with E-state index in [2.05, 4.69) is 125 Å². The Hall–Kier alpha value is -6.89. The van der Waals surface area contributed by atoms with Crippen LogP contribution in [0.4, 0.5) is 0 Å². The maximum absolute atomic E-state index is 5.05. The van der Waals surface area contributed by atoms with Crippen LogP contribution >= 0.6 is 11.3 Å². The Labute approximate surface area is 308 Å². The summed E-state index contributed by atoms with van der Waals surface area (Å²) in [5.41, 5.74) is 8.52. The smallest absolute Gasteiger partial charge is 0.164 e. The first kappa shape index (κ1) is 29.8. The van der Waals surface area contributed by atoms with E-state index in [-0.39, 0.29) is 0 Å². The largest absolute Gasteiger partial charge is 0.317 e. The van der Waals surface area contributed by atoms with Gasteiger partial charge in [-0.25, -0.2) is 15.0 Å². The van der Waals surface area contributed by atoms with Crippen molar-refractivity contribution in [2.24, 2.45) is 0 Å². The molecule has 4 heterocycles. The minimum atomic E-state index is 0.634. The predicted molar refractivity (Wildman–Crippen MR) is 220 cm³/mol. The highest BCUT2D eigenvalue weighted by Gasteiger charge is 2.19. The third-order valence-corrected chi connectivity index (χ3v) is 11.3. The minimum Gasteiger partial charge on any atom is -0.317 e. The zero-order valence-electron chi connectivity index (χ0n) is 28.4. The quantitative estimate of drug-likeness (QED) is 0.180. The van der Waals surface area contributed by atoms with Crippen molar-refractivity contribution < 1.29 is 0 Å². The zero-order chi connectivity index (χ0) is 34.9. The summed E-state index contributed by atoms with van der Waals surface area (Å²) in [7, 11) is 0. The number of rotatable bonds is 5. The Morgan fingerprint density at radius 2 is 0.962 bits per heavy atom. The van der Waals surface area contributed by atoms with E-state index >= 15 is 0 Å². The van der Waals surface area contributed by atoms with Crippen molar-refractivity contribution in [2.45, 2.75) is 0 Å². The molecule has 0 N–H and O–H groups in total. The van der Waals surface area contributed by atoms with Crippen molar-refractivity contribution in [3.8, 4) is 45.5 Å². The minimum absolute atomic E-state index is 0.634. The van der Waals surface area contributed by atoms with Crippen LogP contribution in [0.25, 0.3) is 98.4 Å². The molecule has 0 spiro atoms. The average Bonchev–Trinajstić information content (AvgIpc) is 3.91. The third kappa shape index (κ3) is 4.88. The lowest BCUT2D eigenvalue weighted by atomic mass is 10.1. The van der Waals surface area contributed by atoms with E-state index in [4.69, 9.17) is 15.0 Å². The lowest BCUT2D eigenvalue weighted by Gasteiger charge is -2.12. The molecule has 248 valence electrons. The molecule has 0 radical (unpaired) electrons. The van der Waals surface area contributed by atoms with Crippen molar-refractivity contribution in [3.05, 3.63) is 176 Å². The van der Waals surface area contributed by atoms with Gasteiger partial charge in [-0.3, -0.25) is 0 Å². The van der Waals surface area contributed by atoms with Gasteiger partial charge in [-0.2, -0.15) is 0 Å². The molecule has 7 aromatic carbocycles. The van der Waals surface area contributed by atoms with Crippen LogP contribution in [0.5, 0.6) is 0 Å². The standard InChI is InChI=1S/C47H29N5S/c1-4-13-30(14-5-1)45-48-46(31-15-6-2-7-16-31)50-47(49-45)33-17-12-20-35(25-33)52-41-26-32-23-24-51(34-18-8-3-9-19-34)40(32)28-38(41)37-27-39-36-21-10-11-22-43(36)53-44(39)29-42(37)52/h1-29H. The first-order valence-corrected chi connectivity index (χ1v) is 18.5. The normalized spacial score (nSPS) is 11.8. The molecule has 5 nitrogen and oxygen atoms in total. The topological polar surface area (TPSA) is 48.5 Å². The predicted octanol–water partition coefficient (Wildman–Crippen LogP) is 12.3. The van der Waals surface area contributed by atoms with Crippen molar-refractivity contribution in [1.82, 2.24) is 24.1 Å². The maximum Gasteiger partial charge on any atom is 0.164 e. The average molecular weight is 696 g/mol. The molecule has 11 aromatic rings. The Morgan fingerprint density at radius 1 is 0.377 bits per heavy atom. The second-order valence-electron chi connectivity index (χ2n) is 13.3. The number of nitrogens with zero attached hydrogens (tertiary/aromatic N) is 5. The van der Waals surface area contributed by atoms with Crippen molar-refractivity contribution in [1.29, 1.82) is 0 Å². The lowest BCUT2D eigenvalue weighted by Crippen LogP contribution is -2.01. The van der Waals surface area contributed by atoms with E-state index in [1.54, 1.807) is 0 Å². The van der Waals surface area contributed by atoms with Crippen molar-refractivity contribution >= 4 is 64.2 Å². The highest BCUT2D eigenvalue weighted by molar-refractivity contribution is 7.25. The molecule has 0 aliphatic heterocycles. The van der Waals surface area contributed by atoms with E-state index in [9.17, 15) is 0 Å². The number of hydrogen-bond donors (Lipinski definition) is 0. The molecular formula is C47H29N5S. The highest BCUT2D eigenvalue weighted by atomic mass is 32.1. The molecule has 0 aliphatic carbocycles. The summed E-state index contributed by atoms with van der Waals surface area (Å²) in [6.07, 6.45) is 2.17. The summed E-state index contributed by atoms with van der Waals surface area (Å²) < 4.78 is 7.27. The van der Waals surface area contributed by atoms with Gasteiger partial charge in [0.2, 0.25) is 0 Å². The van der Waals surface area contributed by atoms with Crippen LogP contribution in [-0.2, 0) is 0 Å². The Bertz CT molecular complexity index is 3100. The first-order chi connectivity index (χ1) is 26.2. The van der Waals surface area contributed by atoms with Crippen LogP contribution in [0.15, 0.2) is 176 Å². The van der Waals surface area contributed by atoms with Crippen LogP contribution in [0.2, 0.25) is 0 Å². The summed E-state index contributed by atoms with van der Waals surface area (Å²) in [5, 5.41) is 6.21. The summed E-state index contributed by atoms with van der Waals surface area (Å²) in [6.45, 7) is 0. The second kappa shape index (κ2) is 11.8. The van der Waals surface area contributed by atoms with Gasteiger partial charge >= 0.3 is 0 Å². The summed E-state index contributed by atoms with van der Waals surface area (Å²) in [6, 6.07) is 59.9. The number of fused-ring (bicyclic) bond motifs is 7. The fourth-order valence-electron chi connectivity index (χ4n) is 7.68. The van der Waals surface area contributed by atoms with Gasteiger partial charge in [-0.1, -0.05) is 109 Å². The van der Waals surface area contributed by atoms with Crippen LogP contribution in [0, 0.1) is 0 Å². The fraction of sp³-hybridized carbons (Fsp3) is 0. The molecule has 53 heavy (non-hydrogen) atoms. The van der Waals surface area contributed by atoms with Gasteiger partial charge in [0.25, 0.3) is 0 Å². The third-order valence-electron chi connectivity index (χ3n) is 10.2. The Morgan fingerprint density at radius 3 is 1.70 bits per heavy atom. The highest BCUT2D eigenvalue weighted by Crippen LogP contribution is 2.42. The van der Waals surface area contributed by atoms with Gasteiger partial charge in [0.15, 0.2) is 17.5 Å². The lowest BCUT2D eigenvalue weighted by molar-refractivity contribution is 1.07. The van der Waals surface area contributed by atoms with E-state index in [0.717, 1.165) is 33.6 Å².